The van der Waals surface area contributed by atoms with Crippen molar-refractivity contribution in [1.29, 1.82) is 0 Å². The Morgan fingerprint density at radius 3 is 2.46 bits per heavy atom. The molecule has 0 aliphatic carbocycles. The average molecular weight is 417 g/mol. The molecule has 9 heteroatoms. The summed E-state index contributed by atoms with van der Waals surface area (Å²) in [7, 11) is -3.94. The van der Waals surface area contributed by atoms with Crippen molar-refractivity contribution >= 4 is 44.8 Å². The zero-order valence-electron chi connectivity index (χ0n) is 14.1. The molecule has 2 rings (SSSR count). The zero-order valence-corrected chi connectivity index (χ0v) is 16.5. The van der Waals surface area contributed by atoms with Crippen molar-refractivity contribution in [3.05, 3.63) is 52.5 Å². The lowest BCUT2D eigenvalue weighted by molar-refractivity contribution is -0.117. The summed E-state index contributed by atoms with van der Waals surface area (Å²) in [4.78, 5) is 12.2. The molecule has 2 aromatic carbocycles. The van der Waals surface area contributed by atoms with E-state index in [0.717, 1.165) is 0 Å². The maximum Gasteiger partial charge on any atom is 0.242 e. The first-order valence-corrected chi connectivity index (χ1v) is 9.98. The van der Waals surface area contributed by atoms with Gasteiger partial charge in [0.05, 0.1) is 33.3 Å². The van der Waals surface area contributed by atoms with E-state index in [2.05, 4.69) is 10.0 Å². The van der Waals surface area contributed by atoms with E-state index < -0.39 is 22.0 Å². The van der Waals surface area contributed by atoms with Crippen LogP contribution in [0.15, 0.2) is 47.4 Å². The molecule has 140 valence electrons. The van der Waals surface area contributed by atoms with Crippen LogP contribution in [0.4, 0.5) is 5.69 Å². The second kappa shape index (κ2) is 8.73. The minimum atomic E-state index is -3.94. The summed E-state index contributed by atoms with van der Waals surface area (Å²) in [6.45, 7) is 3.63. The van der Waals surface area contributed by atoms with Gasteiger partial charge in [0.25, 0.3) is 0 Å². The molecule has 0 saturated carbocycles. The van der Waals surface area contributed by atoms with Crippen LogP contribution in [0.25, 0.3) is 0 Å². The summed E-state index contributed by atoms with van der Waals surface area (Å²) in [5.74, 6) is -0.156. The Morgan fingerprint density at radius 2 is 1.85 bits per heavy atom. The predicted octanol–water partition coefficient (Wildman–Crippen LogP) is 3.70. The third-order valence-corrected chi connectivity index (χ3v) is 5.53. The molecule has 0 bridgehead atoms. The van der Waals surface area contributed by atoms with Crippen LogP contribution in [0.3, 0.4) is 0 Å². The number of carbonyl (C=O) groups is 1. The molecular formula is C17H18Cl2N2O4S. The minimum Gasteiger partial charge on any atom is -0.492 e. The lowest BCUT2D eigenvalue weighted by Crippen LogP contribution is -2.41. The van der Waals surface area contributed by atoms with Gasteiger partial charge in [0.2, 0.25) is 15.9 Å². The lowest BCUT2D eigenvalue weighted by Gasteiger charge is -2.15. The van der Waals surface area contributed by atoms with Gasteiger partial charge in [-0.15, -0.1) is 0 Å². The molecule has 0 saturated heterocycles. The van der Waals surface area contributed by atoms with E-state index in [1.165, 1.54) is 25.1 Å². The van der Waals surface area contributed by atoms with Crippen molar-refractivity contribution in [2.45, 2.75) is 24.8 Å². The van der Waals surface area contributed by atoms with Crippen molar-refractivity contribution in [3.63, 3.8) is 0 Å². The molecule has 0 unspecified atom stereocenters. The number of para-hydroxylation sites is 1. The first kappa shape index (κ1) is 20.5. The fraction of sp³-hybridized carbons (Fsp3) is 0.235. The Morgan fingerprint density at radius 1 is 1.15 bits per heavy atom. The quantitative estimate of drug-likeness (QED) is 0.720. The number of amides is 1. The number of ether oxygens (including phenoxy) is 1. The van der Waals surface area contributed by atoms with Crippen LogP contribution in [-0.2, 0) is 14.8 Å². The predicted molar refractivity (Wildman–Crippen MR) is 102 cm³/mol. The van der Waals surface area contributed by atoms with Crippen LogP contribution in [0.2, 0.25) is 10.0 Å². The van der Waals surface area contributed by atoms with E-state index in [1.807, 2.05) is 0 Å². The molecule has 0 fully saturated rings. The number of hydrogen-bond donors (Lipinski definition) is 2. The first-order valence-electron chi connectivity index (χ1n) is 7.74. The highest BCUT2D eigenvalue weighted by Gasteiger charge is 2.23. The number of benzene rings is 2. The molecular weight excluding hydrogens is 399 g/mol. The zero-order chi connectivity index (χ0) is 19.3. The number of hydrogen-bond acceptors (Lipinski definition) is 4. The Bertz CT molecular complexity index is 903. The van der Waals surface area contributed by atoms with E-state index in [0.29, 0.717) is 23.1 Å². The van der Waals surface area contributed by atoms with Gasteiger partial charge in [0, 0.05) is 0 Å². The van der Waals surface area contributed by atoms with Crippen molar-refractivity contribution in [2.24, 2.45) is 0 Å². The van der Waals surface area contributed by atoms with Crippen molar-refractivity contribution in [1.82, 2.24) is 4.72 Å². The summed E-state index contributed by atoms with van der Waals surface area (Å²) in [6.07, 6.45) is 0. The summed E-state index contributed by atoms with van der Waals surface area (Å²) in [5, 5.41) is 3.10. The maximum absolute atomic E-state index is 12.5. The van der Waals surface area contributed by atoms with Crippen molar-refractivity contribution in [2.75, 3.05) is 11.9 Å². The Balaban J connectivity index is 2.11. The highest BCUT2D eigenvalue weighted by Crippen LogP contribution is 2.27. The minimum absolute atomic E-state index is 0.0663. The van der Waals surface area contributed by atoms with Gasteiger partial charge in [-0.2, -0.15) is 4.72 Å². The third kappa shape index (κ3) is 5.11. The van der Waals surface area contributed by atoms with Gasteiger partial charge >= 0.3 is 0 Å². The molecule has 0 aliphatic rings. The molecule has 0 aliphatic heterocycles. The smallest absolute Gasteiger partial charge is 0.242 e. The second-order valence-corrected chi connectivity index (χ2v) is 7.87. The van der Waals surface area contributed by atoms with E-state index in [4.69, 9.17) is 27.9 Å². The number of sulfonamides is 1. The topological polar surface area (TPSA) is 84.5 Å². The lowest BCUT2D eigenvalue weighted by atomic mass is 10.3. The molecule has 0 spiro atoms. The number of anilines is 1. The number of rotatable bonds is 7. The Labute approximate surface area is 162 Å². The summed E-state index contributed by atoms with van der Waals surface area (Å²) in [6, 6.07) is 9.74. The molecule has 1 amide bonds. The molecule has 1 atom stereocenters. The molecule has 2 N–H and O–H groups in total. The van der Waals surface area contributed by atoms with Crippen molar-refractivity contribution < 1.29 is 17.9 Å². The highest BCUT2D eigenvalue weighted by molar-refractivity contribution is 7.89. The monoisotopic (exact) mass is 416 g/mol. The largest absolute Gasteiger partial charge is 0.492 e. The summed E-state index contributed by atoms with van der Waals surface area (Å²) in [5.41, 5.74) is 0.398. The van der Waals surface area contributed by atoms with Gasteiger partial charge in [0.15, 0.2) is 0 Å². The molecule has 0 heterocycles. The highest BCUT2D eigenvalue weighted by atomic mass is 35.5. The Kier molecular flexibility index (Phi) is 6.88. The number of carbonyl (C=O) groups excluding carboxylic acids is 1. The maximum atomic E-state index is 12.5. The summed E-state index contributed by atoms with van der Waals surface area (Å²) >= 11 is 12.0. The molecule has 6 nitrogen and oxygen atoms in total. The van der Waals surface area contributed by atoms with E-state index in [-0.39, 0.29) is 9.92 Å². The molecule has 0 aromatic heterocycles. The Hall–Kier alpha value is -1.80. The van der Waals surface area contributed by atoms with Gasteiger partial charge in [-0.25, -0.2) is 8.42 Å². The van der Waals surface area contributed by atoms with Crippen LogP contribution < -0.4 is 14.8 Å². The molecule has 2 aromatic rings. The van der Waals surface area contributed by atoms with Crippen LogP contribution in [0.5, 0.6) is 5.75 Å². The third-order valence-electron chi connectivity index (χ3n) is 3.37. The standard InChI is InChI=1S/C17H18Cl2N2O4S/c1-3-25-16-9-8-12(10-14(16)19)26(23,24)21-11(2)17(22)20-15-7-5-4-6-13(15)18/h4-11,21H,3H2,1-2H3,(H,20,22)/t11-/m1/s1. The van der Waals surface area contributed by atoms with E-state index >= 15 is 0 Å². The van der Waals surface area contributed by atoms with Gasteiger partial charge in [-0.1, -0.05) is 35.3 Å². The van der Waals surface area contributed by atoms with Gasteiger partial charge in [0.1, 0.15) is 5.75 Å². The fourth-order valence-corrected chi connectivity index (χ4v) is 3.79. The molecule has 0 radical (unpaired) electrons. The van der Waals surface area contributed by atoms with E-state index in [1.54, 1.807) is 31.2 Å². The van der Waals surface area contributed by atoms with Crippen LogP contribution in [0, 0.1) is 0 Å². The van der Waals surface area contributed by atoms with Gasteiger partial charge < -0.3 is 10.1 Å². The number of halogens is 2. The summed E-state index contributed by atoms with van der Waals surface area (Å²) < 4.78 is 32.5. The fourth-order valence-electron chi connectivity index (χ4n) is 2.08. The number of nitrogens with one attached hydrogen (secondary N) is 2. The second-order valence-electron chi connectivity index (χ2n) is 5.34. The van der Waals surface area contributed by atoms with Crippen LogP contribution in [0.1, 0.15) is 13.8 Å². The van der Waals surface area contributed by atoms with Crippen LogP contribution in [-0.4, -0.2) is 27.0 Å². The van der Waals surface area contributed by atoms with Crippen LogP contribution >= 0.6 is 23.2 Å². The SMILES string of the molecule is CCOc1ccc(S(=O)(=O)N[C@H](C)C(=O)Nc2ccccc2Cl)cc1Cl. The normalized spacial score (nSPS) is 12.5. The van der Waals surface area contributed by atoms with Crippen molar-refractivity contribution in [3.8, 4) is 5.75 Å². The van der Waals surface area contributed by atoms with E-state index in [9.17, 15) is 13.2 Å². The first-order chi connectivity index (χ1) is 12.2. The molecule has 26 heavy (non-hydrogen) atoms. The average Bonchev–Trinajstić information content (AvgIpc) is 2.58. The van der Waals surface area contributed by atoms with Gasteiger partial charge in [-0.3, -0.25) is 4.79 Å². The van der Waals surface area contributed by atoms with Gasteiger partial charge in [-0.05, 0) is 44.2 Å².